The van der Waals surface area contributed by atoms with Crippen LogP contribution in [0.4, 0.5) is 11.8 Å². The fourth-order valence-corrected chi connectivity index (χ4v) is 1.55. The Kier molecular flexibility index (Phi) is 3.40. The van der Waals surface area contributed by atoms with E-state index in [2.05, 4.69) is 15.3 Å². The van der Waals surface area contributed by atoms with Gasteiger partial charge in [0.1, 0.15) is 11.9 Å². The third-order valence-corrected chi connectivity index (χ3v) is 2.25. The molecule has 0 saturated carbocycles. The minimum absolute atomic E-state index is 0.0729. The Morgan fingerprint density at radius 1 is 1.62 bits per heavy atom. The maximum atomic E-state index is 5.65. The molecule has 6 heteroatoms. The van der Waals surface area contributed by atoms with Gasteiger partial charge in [-0.25, -0.2) is 0 Å². The minimum atomic E-state index is 0.0729. The molecule has 6 nitrogen and oxygen atoms in total. The van der Waals surface area contributed by atoms with Gasteiger partial charge in [-0.3, -0.25) is 0 Å². The predicted octanol–water partition coefficient (Wildman–Crippen LogP) is 0.658. The molecule has 88 valence electrons. The molecule has 0 aliphatic carbocycles. The van der Waals surface area contributed by atoms with Crippen molar-refractivity contribution in [1.82, 2.24) is 9.97 Å². The van der Waals surface area contributed by atoms with E-state index in [0.29, 0.717) is 18.3 Å². The van der Waals surface area contributed by atoms with Crippen LogP contribution < -0.4 is 15.8 Å². The van der Waals surface area contributed by atoms with Crippen LogP contribution in [-0.4, -0.2) is 35.8 Å². The maximum absolute atomic E-state index is 5.65. The first kappa shape index (κ1) is 10.9. The van der Waals surface area contributed by atoms with Crippen molar-refractivity contribution in [2.24, 2.45) is 0 Å². The van der Waals surface area contributed by atoms with E-state index in [4.69, 9.17) is 15.2 Å². The third kappa shape index (κ3) is 2.73. The Bertz CT molecular complexity index is 353. The highest BCUT2D eigenvalue weighted by Gasteiger charge is 2.18. The quantitative estimate of drug-likeness (QED) is 0.781. The van der Waals surface area contributed by atoms with E-state index in [1.807, 2.05) is 6.92 Å². The zero-order chi connectivity index (χ0) is 11.4. The molecule has 2 rings (SSSR count). The highest BCUT2D eigenvalue weighted by molar-refractivity contribution is 5.42. The lowest BCUT2D eigenvalue weighted by molar-refractivity contribution is 0.138. The van der Waals surface area contributed by atoms with Crippen molar-refractivity contribution in [3.63, 3.8) is 0 Å². The van der Waals surface area contributed by atoms with E-state index < -0.39 is 0 Å². The van der Waals surface area contributed by atoms with Crippen molar-refractivity contribution < 1.29 is 9.47 Å². The van der Waals surface area contributed by atoms with Crippen LogP contribution in [0.25, 0.3) is 0 Å². The average molecular weight is 224 g/mol. The van der Waals surface area contributed by atoms with Gasteiger partial charge in [0.25, 0.3) is 0 Å². The molecular formula is C10H16N4O2. The van der Waals surface area contributed by atoms with Crippen molar-refractivity contribution >= 4 is 11.8 Å². The molecule has 1 aromatic heterocycles. The lowest BCUT2D eigenvalue weighted by atomic mass is 10.3. The van der Waals surface area contributed by atoms with Crippen molar-refractivity contribution in [1.29, 1.82) is 0 Å². The number of rotatable bonds is 4. The zero-order valence-corrected chi connectivity index (χ0v) is 9.27. The smallest absolute Gasteiger partial charge is 0.225 e. The second-order valence-electron chi connectivity index (χ2n) is 3.58. The number of nitrogen functional groups attached to an aromatic ring is 1. The number of aromatic nitrogens is 2. The number of nitrogens with zero attached hydrogens (tertiary/aromatic N) is 2. The fraction of sp³-hybridized carbons (Fsp3) is 0.600. The van der Waals surface area contributed by atoms with Gasteiger partial charge in [-0.05, 0) is 6.92 Å². The van der Waals surface area contributed by atoms with Gasteiger partial charge in [0.05, 0.1) is 13.2 Å². The van der Waals surface area contributed by atoms with E-state index in [0.717, 1.165) is 19.6 Å². The van der Waals surface area contributed by atoms with Crippen LogP contribution in [0, 0.1) is 0 Å². The molecular weight excluding hydrogens is 208 g/mol. The number of nitrogens with one attached hydrogen (secondary N) is 1. The topological polar surface area (TPSA) is 82.3 Å². The van der Waals surface area contributed by atoms with Gasteiger partial charge in [-0.15, -0.1) is 0 Å². The van der Waals surface area contributed by atoms with Gasteiger partial charge in [0.15, 0.2) is 0 Å². The summed E-state index contributed by atoms with van der Waals surface area (Å²) in [4.78, 5) is 8.07. The van der Waals surface area contributed by atoms with E-state index in [-0.39, 0.29) is 12.1 Å². The summed E-state index contributed by atoms with van der Waals surface area (Å²) in [6.07, 6.45) is 0.962. The van der Waals surface area contributed by atoms with Crippen LogP contribution >= 0.6 is 0 Å². The third-order valence-electron chi connectivity index (χ3n) is 2.25. The molecule has 0 spiro atoms. The van der Waals surface area contributed by atoms with Crippen LogP contribution in [0.2, 0.25) is 0 Å². The Labute approximate surface area is 94.2 Å². The van der Waals surface area contributed by atoms with Crippen molar-refractivity contribution in [2.45, 2.75) is 19.4 Å². The Hall–Kier alpha value is -1.56. The van der Waals surface area contributed by atoms with Gasteiger partial charge in [0.2, 0.25) is 11.8 Å². The molecule has 0 amide bonds. The molecule has 1 atom stereocenters. The number of hydrogen-bond donors (Lipinski definition) is 2. The first-order chi connectivity index (χ1) is 7.78. The summed E-state index contributed by atoms with van der Waals surface area (Å²) in [7, 11) is 0. The number of anilines is 2. The van der Waals surface area contributed by atoms with Crippen LogP contribution in [0.5, 0.6) is 5.88 Å². The standard InChI is InChI=1S/C10H16N4O2/c1-2-12-8-5-9(14-10(11)13-8)16-7-3-4-15-6-7/h5,7H,2-4,6H2,1H3,(H3,11,12,13,14). The fourth-order valence-electron chi connectivity index (χ4n) is 1.55. The highest BCUT2D eigenvalue weighted by Crippen LogP contribution is 2.18. The van der Waals surface area contributed by atoms with E-state index >= 15 is 0 Å². The summed E-state index contributed by atoms with van der Waals surface area (Å²) < 4.78 is 10.9. The molecule has 0 bridgehead atoms. The van der Waals surface area contributed by atoms with Crippen molar-refractivity contribution in [2.75, 3.05) is 30.8 Å². The molecule has 0 aromatic carbocycles. The Balaban J connectivity index is 2.06. The molecule has 2 heterocycles. The summed E-state index contributed by atoms with van der Waals surface area (Å²) in [6.45, 7) is 4.12. The minimum Gasteiger partial charge on any atom is -0.472 e. The van der Waals surface area contributed by atoms with Crippen LogP contribution in [-0.2, 0) is 4.74 Å². The summed E-state index contributed by atoms with van der Waals surface area (Å²) in [5.41, 5.74) is 5.59. The summed E-state index contributed by atoms with van der Waals surface area (Å²) in [6, 6.07) is 1.75. The normalized spacial score (nSPS) is 19.7. The SMILES string of the molecule is CCNc1cc(OC2CCOC2)nc(N)n1. The number of hydrogen-bond acceptors (Lipinski definition) is 6. The van der Waals surface area contributed by atoms with Crippen molar-refractivity contribution in [3.8, 4) is 5.88 Å². The molecule has 1 unspecified atom stereocenters. The zero-order valence-electron chi connectivity index (χ0n) is 9.27. The first-order valence-corrected chi connectivity index (χ1v) is 5.40. The summed E-state index contributed by atoms with van der Waals surface area (Å²) in [5.74, 6) is 1.40. The second-order valence-corrected chi connectivity index (χ2v) is 3.58. The molecule has 3 N–H and O–H groups in total. The predicted molar refractivity (Wildman–Crippen MR) is 60.5 cm³/mol. The van der Waals surface area contributed by atoms with Gasteiger partial charge in [-0.2, -0.15) is 9.97 Å². The van der Waals surface area contributed by atoms with Crippen LogP contribution in [0.15, 0.2) is 6.07 Å². The first-order valence-electron chi connectivity index (χ1n) is 5.40. The second kappa shape index (κ2) is 4.98. The molecule has 1 aliphatic rings. The molecule has 0 radical (unpaired) electrons. The highest BCUT2D eigenvalue weighted by atomic mass is 16.5. The Morgan fingerprint density at radius 2 is 2.50 bits per heavy atom. The molecule has 1 aromatic rings. The lowest BCUT2D eigenvalue weighted by Gasteiger charge is -2.12. The molecule has 16 heavy (non-hydrogen) atoms. The maximum Gasteiger partial charge on any atom is 0.225 e. The molecule has 1 fully saturated rings. The molecule has 1 saturated heterocycles. The van der Waals surface area contributed by atoms with Crippen LogP contribution in [0.3, 0.4) is 0 Å². The van der Waals surface area contributed by atoms with Gasteiger partial charge < -0.3 is 20.5 Å². The Morgan fingerprint density at radius 3 is 3.19 bits per heavy atom. The summed E-state index contributed by atoms with van der Waals surface area (Å²) in [5, 5.41) is 3.07. The largest absolute Gasteiger partial charge is 0.472 e. The van der Waals surface area contributed by atoms with Crippen molar-refractivity contribution in [3.05, 3.63) is 6.07 Å². The van der Waals surface area contributed by atoms with Crippen LogP contribution in [0.1, 0.15) is 13.3 Å². The van der Waals surface area contributed by atoms with Gasteiger partial charge >= 0.3 is 0 Å². The van der Waals surface area contributed by atoms with E-state index in [9.17, 15) is 0 Å². The number of nitrogens with two attached hydrogens (primary N) is 1. The monoisotopic (exact) mass is 224 g/mol. The average Bonchev–Trinajstić information content (AvgIpc) is 2.70. The van der Waals surface area contributed by atoms with Gasteiger partial charge in [-0.1, -0.05) is 0 Å². The van der Waals surface area contributed by atoms with Gasteiger partial charge in [0, 0.05) is 19.0 Å². The summed E-state index contributed by atoms with van der Waals surface area (Å²) >= 11 is 0. The van der Waals surface area contributed by atoms with E-state index in [1.165, 1.54) is 0 Å². The van der Waals surface area contributed by atoms with E-state index in [1.54, 1.807) is 6.07 Å². The lowest BCUT2D eigenvalue weighted by Crippen LogP contribution is -2.17. The number of ether oxygens (including phenoxy) is 2. The molecule has 1 aliphatic heterocycles.